The number of furan rings is 1. The summed E-state index contributed by atoms with van der Waals surface area (Å²) in [6, 6.07) is 14.7. The van der Waals surface area contributed by atoms with Gasteiger partial charge >= 0.3 is 23.7 Å². The molecule has 2 aromatic carbocycles. The van der Waals surface area contributed by atoms with E-state index >= 15 is 0 Å². The predicted octanol–water partition coefficient (Wildman–Crippen LogP) is 3.69. The number of nitrogens with zero attached hydrogens (tertiary/aromatic N) is 2. The summed E-state index contributed by atoms with van der Waals surface area (Å²) in [5.74, 6) is -2.73. The Labute approximate surface area is 214 Å². The van der Waals surface area contributed by atoms with Gasteiger partial charge in [-0.05, 0) is 29.8 Å². The Balaban J connectivity index is 1.58. The number of para-hydroxylation sites is 1. The second-order valence-electron chi connectivity index (χ2n) is 7.75. The molecule has 12 nitrogen and oxygen atoms in total. The first-order valence-electron chi connectivity index (χ1n) is 11.0. The van der Waals surface area contributed by atoms with Crippen molar-refractivity contribution in [1.29, 1.82) is 0 Å². The predicted molar refractivity (Wildman–Crippen MR) is 131 cm³/mol. The third-order valence-corrected chi connectivity index (χ3v) is 5.26. The van der Waals surface area contributed by atoms with Crippen molar-refractivity contribution in [3.8, 4) is 5.75 Å². The summed E-state index contributed by atoms with van der Waals surface area (Å²) in [4.78, 5) is 61.1. The van der Waals surface area contributed by atoms with Crippen LogP contribution in [0.5, 0.6) is 5.75 Å². The zero-order chi connectivity index (χ0) is 27.2. The third-order valence-electron chi connectivity index (χ3n) is 5.26. The second kappa shape index (κ2) is 11.0. The van der Waals surface area contributed by atoms with Crippen LogP contribution in [0.4, 0.5) is 10.5 Å². The topological polar surface area (TPSA) is 158 Å². The average molecular weight is 517 g/mol. The van der Waals surface area contributed by atoms with Crippen LogP contribution < -0.4 is 10.1 Å². The van der Waals surface area contributed by atoms with Crippen LogP contribution in [0.1, 0.15) is 27.4 Å². The first-order chi connectivity index (χ1) is 18.3. The number of amides is 3. The van der Waals surface area contributed by atoms with Gasteiger partial charge in [-0.1, -0.05) is 42.5 Å². The van der Waals surface area contributed by atoms with Crippen LogP contribution in [-0.2, 0) is 20.9 Å². The van der Waals surface area contributed by atoms with Crippen LogP contribution in [0.3, 0.4) is 0 Å². The van der Waals surface area contributed by atoms with E-state index in [0.717, 1.165) is 17.0 Å². The highest BCUT2D eigenvalue weighted by molar-refractivity contribution is 6.14. The van der Waals surface area contributed by atoms with Gasteiger partial charge in [0.25, 0.3) is 5.91 Å². The van der Waals surface area contributed by atoms with Crippen molar-refractivity contribution in [2.24, 2.45) is 0 Å². The molecule has 3 aromatic rings. The number of methoxy groups -OCH3 is 1. The minimum Gasteiger partial charge on any atom is -0.463 e. The van der Waals surface area contributed by atoms with Crippen molar-refractivity contribution in [3.05, 3.63) is 105 Å². The molecule has 4 rings (SSSR count). The van der Waals surface area contributed by atoms with E-state index < -0.39 is 40.2 Å². The molecule has 192 valence electrons. The summed E-state index contributed by atoms with van der Waals surface area (Å²) in [6.45, 7) is -0.292. The highest BCUT2D eigenvalue weighted by Gasteiger charge is 2.35. The van der Waals surface area contributed by atoms with Gasteiger partial charge in [0, 0.05) is 17.7 Å². The number of esters is 2. The molecule has 1 fully saturated rings. The molecule has 2 heterocycles. The lowest BCUT2D eigenvalue weighted by molar-refractivity contribution is -0.385. The van der Waals surface area contributed by atoms with Gasteiger partial charge in [-0.3, -0.25) is 19.8 Å². The Morgan fingerprint density at radius 3 is 2.55 bits per heavy atom. The molecule has 0 aliphatic carbocycles. The SMILES string of the molecule is COC(=O)c1ccc(CN2C(=O)N/C(=C\c3cccc([N+](=O)[O-])c3OC(=O)/C=C/c3ccccc3)C2=O)o1. The fourth-order valence-corrected chi connectivity index (χ4v) is 3.47. The van der Waals surface area contributed by atoms with Crippen molar-refractivity contribution >= 4 is 41.7 Å². The van der Waals surface area contributed by atoms with Gasteiger partial charge in [0.1, 0.15) is 11.5 Å². The summed E-state index contributed by atoms with van der Waals surface area (Å²) < 4.78 is 15.1. The van der Waals surface area contributed by atoms with Crippen LogP contribution in [0.2, 0.25) is 0 Å². The molecule has 0 radical (unpaired) electrons. The number of imide groups is 1. The molecule has 1 aliphatic rings. The van der Waals surface area contributed by atoms with Gasteiger partial charge in [0.2, 0.25) is 11.5 Å². The maximum absolute atomic E-state index is 12.9. The van der Waals surface area contributed by atoms with Gasteiger partial charge in [-0.2, -0.15) is 0 Å². The first-order valence-corrected chi connectivity index (χ1v) is 11.0. The summed E-state index contributed by atoms with van der Waals surface area (Å²) >= 11 is 0. The Bertz CT molecular complexity index is 1490. The number of rotatable bonds is 8. The Morgan fingerprint density at radius 2 is 1.84 bits per heavy atom. The number of carbonyl (C=O) groups is 4. The molecule has 0 spiro atoms. The number of carbonyl (C=O) groups excluding carboxylic acids is 4. The quantitative estimate of drug-likeness (QED) is 0.117. The number of urea groups is 1. The van der Waals surface area contributed by atoms with Gasteiger partial charge in [-0.15, -0.1) is 0 Å². The highest BCUT2D eigenvalue weighted by Crippen LogP contribution is 2.33. The van der Waals surface area contributed by atoms with Gasteiger partial charge in [0.05, 0.1) is 18.6 Å². The van der Waals surface area contributed by atoms with E-state index in [2.05, 4.69) is 10.1 Å². The second-order valence-corrected chi connectivity index (χ2v) is 7.75. The maximum atomic E-state index is 12.9. The van der Waals surface area contributed by atoms with E-state index in [4.69, 9.17) is 9.15 Å². The molecule has 1 saturated heterocycles. The smallest absolute Gasteiger partial charge is 0.373 e. The Morgan fingerprint density at radius 1 is 1.08 bits per heavy atom. The molecule has 12 heteroatoms. The van der Waals surface area contributed by atoms with E-state index in [9.17, 15) is 29.3 Å². The number of hydrogen-bond donors (Lipinski definition) is 1. The van der Waals surface area contributed by atoms with E-state index in [0.29, 0.717) is 5.56 Å². The summed E-state index contributed by atoms with van der Waals surface area (Å²) in [5, 5.41) is 14.0. The van der Waals surface area contributed by atoms with Crippen molar-refractivity contribution in [2.45, 2.75) is 6.54 Å². The normalized spacial score (nSPS) is 14.1. The van der Waals surface area contributed by atoms with E-state index in [1.165, 1.54) is 43.5 Å². The molecular formula is C26H19N3O9. The summed E-state index contributed by atoms with van der Waals surface area (Å²) in [5.41, 5.74) is -0.00570. The molecule has 0 unspecified atom stereocenters. The number of ether oxygens (including phenoxy) is 2. The van der Waals surface area contributed by atoms with Gasteiger partial charge < -0.3 is 19.2 Å². The van der Waals surface area contributed by atoms with E-state index in [-0.39, 0.29) is 29.3 Å². The van der Waals surface area contributed by atoms with Crippen molar-refractivity contribution in [2.75, 3.05) is 7.11 Å². The van der Waals surface area contributed by atoms with Crippen LogP contribution in [0.25, 0.3) is 12.2 Å². The minimum atomic E-state index is -0.884. The van der Waals surface area contributed by atoms with Crippen LogP contribution in [-0.4, -0.2) is 40.8 Å². The van der Waals surface area contributed by atoms with E-state index in [1.54, 1.807) is 30.3 Å². The lowest BCUT2D eigenvalue weighted by atomic mass is 10.1. The number of benzene rings is 2. The van der Waals surface area contributed by atoms with Crippen LogP contribution >= 0.6 is 0 Å². The third kappa shape index (κ3) is 5.65. The highest BCUT2D eigenvalue weighted by atomic mass is 16.6. The summed E-state index contributed by atoms with van der Waals surface area (Å²) in [6.07, 6.45) is 3.76. The zero-order valence-corrected chi connectivity index (χ0v) is 19.8. The molecule has 1 aromatic heterocycles. The average Bonchev–Trinajstić information content (AvgIpc) is 3.48. The number of nitro benzene ring substituents is 1. The largest absolute Gasteiger partial charge is 0.463 e. The maximum Gasteiger partial charge on any atom is 0.373 e. The Hall–Kier alpha value is -5.52. The number of nitrogens with one attached hydrogen (secondary N) is 1. The standard InChI is InChI=1S/C26H19N3O9/c1-36-25(32)21-12-11-18(37-21)15-28-24(31)19(27-26(28)33)14-17-8-5-9-20(29(34)35)23(17)38-22(30)13-10-16-6-3-2-4-7-16/h2-14H,15H2,1H3,(H,27,33)/b13-10+,19-14-. The number of nitro groups is 1. The molecule has 0 bridgehead atoms. The molecule has 0 atom stereocenters. The van der Waals surface area contributed by atoms with Crippen LogP contribution in [0.15, 0.2) is 76.9 Å². The van der Waals surface area contributed by atoms with Crippen LogP contribution in [0, 0.1) is 10.1 Å². The van der Waals surface area contributed by atoms with Crippen molar-refractivity contribution in [3.63, 3.8) is 0 Å². The fourth-order valence-electron chi connectivity index (χ4n) is 3.47. The van der Waals surface area contributed by atoms with Crippen molar-refractivity contribution < 1.29 is 38.0 Å². The van der Waals surface area contributed by atoms with Crippen molar-refractivity contribution in [1.82, 2.24) is 10.2 Å². The first kappa shape index (κ1) is 25.6. The molecule has 1 N–H and O–H groups in total. The van der Waals surface area contributed by atoms with Gasteiger partial charge in [-0.25, -0.2) is 14.4 Å². The number of hydrogen-bond acceptors (Lipinski definition) is 9. The molecule has 0 saturated carbocycles. The molecule has 1 aliphatic heterocycles. The molecular weight excluding hydrogens is 498 g/mol. The monoisotopic (exact) mass is 517 g/mol. The van der Waals surface area contributed by atoms with E-state index in [1.807, 2.05) is 0 Å². The fraction of sp³-hybridized carbons (Fsp3) is 0.0769. The lowest BCUT2D eigenvalue weighted by Gasteiger charge is -2.09. The zero-order valence-electron chi connectivity index (χ0n) is 19.8. The molecule has 38 heavy (non-hydrogen) atoms. The summed E-state index contributed by atoms with van der Waals surface area (Å²) in [7, 11) is 1.18. The molecule has 3 amide bonds. The minimum absolute atomic E-state index is 0.0112. The van der Waals surface area contributed by atoms with Gasteiger partial charge in [0.15, 0.2) is 0 Å². The Kier molecular flexibility index (Phi) is 7.43. The lowest BCUT2D eigenvalue weighted by Crippen LogP contribution is -2.30.